The van der Waals surface area contributed by atoms with Crippen LogP contribution in [0.1, 0.15) is 15.9 Å². The number of carbonyl (C=O) groups is 1. The van der Waals surface area contributed by atoms with Gasteiger partial charge < -0.3 is 0 Å². The van der Waals surface area contributed by atoms with E-state index < -0.39 is 0 Å². The summed E-state index contributed by atoms with van der Waals surface area (Å²) in [6.45, 7) is 0. The molecule has 0 atom stereocenters. The molecule has 0 unspecified atom stereocenters. The van der Waals surface area contributed by atoms with Crippen molar-refractivity contribution in [3.8, 4) is 0 Å². The van der Waals surface area contributed by atoms with Crippen LogP contribution < -0.4 is 0 Å². The molecule has 0 radical (unpaired) electrons. The van der Waals surface area contributed by atoms with Gasteiger partial charge >= 0.3 is 0 Å². The number of hydrogen-bond acceptors (Lipinski definition) is 1. The maximum atomic E-state index is 13.3. The molecule has 1 nitrogen and oxygen atoms in total. The molecular formula is C14H8Br2FIO. The normalized spacial score (nSPS) is 10.5. The fourth-order valence-corrected chi connectivity index (χ4v) is 3.18. The van der Waals surface area contributed by atoms with Crippen LogP contribution >= 0.6 is 54.5 Å². The van der Waals surface area contributed by atoms with E-state index in [1.54, 1.807) is 6.07 Å². The Bertz CT molecular complexity index is 623. The first-order chi connectivity index (χ1) is 8.95. The molecule has 0 heterocycles. The van der Waals surface area contributed by atoms with Crippen LogP contribution in [0, 0.1) is 9.39 Å². The summed E-state index contributed by atoms with van der Waals surface area (Å²) in [6.07, 6.45) is 0.176. The zero-order chi connectivity index (χ0) is 14.0. The maximum absolute atomic E-state index is 13.3. The van der Waals surface area contributed by atoms with Crippen LogP contribution in [-0.2, 0) is 6.42 Å². The summed E-state index contributed by atoms with van der Waals surface area (Å²) >= 11 is 8.75. The average Bonchev–Trinajstić information content (AvgIpc) is 2.30. The third kappa shape index (κ3) is 4.10. The van der Waals surface area contributed by atoms with Gasteiger partial charge in [0.1, 0.15) is 5.82 Å². The number of carbonyl (C=O) groups excluding carboxylic acids is 1. The van der Waals surface area contributed by atoms with E-state index in [2.05, 4.69) is 54.5 Å². The van der Waals surface area contributed by atoms with E-state index in [1.165, 1.54) is 12.1 Å². The van der Waals surface area contributed by atoms with Crippen LogP contribution in [0.15, 0.2) is 45.3 Å². The number of hydrogen-bond donors (Lipinski definition) is 0. The van der Waals surface area contributed by atoms with E-state index in [1.807, 2.05) is 18.2 Å². The van der Waals surface area contributed by atoms with Gasteiger partial charge in [-0.1, -0.05) is 31.9 Å². The molecule has 0 aliphatic carbocycles. The largest absolute Gasteiger partial charge is 0.294 e. The monoisotopic (exact) mass is 496 g/mol. The predicted octanol–water partition coefficient (Wildman–Crippen LogP) is 5.38. The molecule has 19 heavy (non-hydrogen) atoms. The number of ketones is 1. The van der Waals surface area contributed by atoms with E-state index >= 15 is 0 Å². The molecule has 0 aromatic heterocycles. The van der Waals surface area contributed by atoms with Crippen LogP contribution in [0.3, 0.4) is 0 Å². The average molecular weight is 498 g/mol. The highest BCUT2D eigenvalue weighted by Gasteiger charge is 2.12. The Hall–Kier alpha value is -0.270. The van der Waals surface area contributed by atoms with E-state index in [-0.39, 0.29) is 18.0 Å². The van der Waals surface area contributed by atoms with Crippen LogP contribution in [0.25, 0.3) is 0 Å². The summed E-state index contributed by atoms with van der Waals surface area (Å²) in [5, 5.41) is 0. The molecule has 0 spiro atoms. The van der Waals surface area contributed by atoms with Gasteiger partial charge in [-0.3, -0.25) is 4.79 Å². The van der Waals surface area contributed by atoms with E-state index in [0.29, 0.717) is 15.6 Å². The maximum Gasteiger partial charge on any atom is 0.168 e. The number of halogens is 4. The molecule has 0 aliphatic heterocycles. The molecule has 0 N–H and O–H groups in total. The highest BCUT2D eigenvalue weighted by Crippen LogP contribution is 2.22. The van der Waals surface area contributed by atoms with Gasteiger partial charge in [-0.25, -0.2) is 4.39 Å². The Labute approximate surface area is 141 Å². The van der Waals surface area contributed by atoms with Gasteiger partial charge in [0.25, 0.3) is 0 Å². The Morgan fingerprint density at radius 2 is 1.89 bits per heavy atom. The topological polar surface area (TPSA) is 17.1 Å². The first-order valence-electron chi connectivity index (χ1n) is 5.39. The van der Waals surface area contributed by atoms with Gasteiger partial charge in [0.05, 0.1) is 0 Å². The van der Waals surface area contributed by atoms with Crippen molar-refractivity contribution in [1.82, 2.24) is 0 Å². The minimum absolute atomic E-state index is 0.0390. The molecule has 0 saturated carbocycles. The molecule has 98 valence electrons. The number of Topliss-reactive ketones (excluding diaryl/α,β-unsaturated/α-hetero) is 1. The van der Waals surface area contributed by atoms with Gasteiger partial charge in [0.15, 0.2) is 5.78 Å². The van der Waals surface area contributed by atoms with Crippen molar-refractivity contribution in [3.63, 3.8) is 0 Å². The third-order valence-electron chi connectivity index (χ3n) is 2.52. The van der Waals surface area contributed by atoms with Crippen LogP contribution in [0.5, 0.6) is 0 Å². The highest BCUT2D eigenvalue weighted by atomic mass is 127. The van der Waals surface area contributed by atoms with Crippen LogP contribution in [-0.4, -0.2) is 5.78 Å². The zero-order valence-corrected chi connectivity index (χ0v) is 14.9. The van der Waals surface area contributed by atoms with E-state index in [0.717, 1.165) is 8.04 Å². The van der Waals surface area contributed by atoms with Crippen molar-refractivity contribution >= 4 is 60.2 Å². The van der Waals surface area contributed by atoms with Crippen LogP contribution in [0.4, 0.5) is 4.39 Å². The summed E-state index contributed by atoms with van der Waals surface area (Å²) in [4.78, 5) is 12.2. The fourth-order valence-electron chi connectivity index (χ4n) is 1.70. The number of rotatable bonds is 3. The SMILES string of the molecule is O=C(Cc1cc(F)cc(Br)c1)c1cc(I)ccc1Br. The molecule has 0 fully saturated rings. The summed E-state index contributed by atoms with van der Waals surface area (Å²) in [7, 11) is 0. The summed E-state index contributed by atoms with van der Waals surface area (Å²) in [6, 6.07) is 10.1. The summed E-state index contributed by atoms with van der Waals surface area (Å²) < 4.78 is 15.7. The zero-order valence-electron chi connectivity index (χ0n) is 9.59. The smallest absolute Gasteiger partial charge is 0.168 e. The molecule has 2 aromatic rings. The standard InChI is InChI=1S/C14H8Br2FIO/c15-9-3-8(4-10(17)6-9)5-14(19)12-7-11(18)1-2-13(12)16/h1-4,6-7H,5H2. The number of benzene rings is 2. The lowest BCUT2D eigenvalue weighted by molar-refractivity contribution is 0.0992. The lowest BCUT2D eigenvalue weighted by Crippen LogP contribution is -2.05. The molecule has 2 aromatic carbocycles. The highest BCUT2D eigenvalue weighted by molar-refractivity contribution is 14.1. The Morgan fingerprint density at radius 1 is 1.16 bits per heavy atom. The summed E-state index contributed by atoms with van der Waals surface area (Å²) in [5.41, 5.74) is 1.27. The molecule has 0 saturated heterocycles. The van der Waals surface area contributed by atoms with Crippen molar-refractivity contribution < 1.29 is 9.18 Å². The minimum Gasteiger partial charge on any atom is -0.294 e. The van der Waals surface area contributed by atoms with Crippen molar-refractivity contribution in [2.24, 2.45) is 0 Å². The Kier molecular flexibility index (Phi) is 5.14. The van der Waals surface area contributed by atoms with Gasteiger partial charge in [0.2, 0.25) is 0 Å². The Morgan fingerprint density at radius 3 is 2.58 bits per heavy atom. The van der Waals surface area contributed by atoms with Crippen molar-refractivity contribution in [2.45, 2.75) is 6.42 Å². The Balaban J connectivity index is 2.28. The molecular weight excluding hydrogens is 490 g/mol. The van der Waals surface area contributed by atoms with Crippen LogP contribution in [0.2, 0.25) is 0 Å². The second-order valence-corrected chi connectivity index (χ2v) is 7.02. The second-order valence-electron chi connectivity index (χ2n) is 4.00. The first-order valence-corrected chi connectivity index (χ1v) is 8.05. The van der Waals surface area contributed by atoms with E-state index in [9.17, 15) is 9.18 Å². The molecule has 5 heteroatoms. The van der Waals surface area contributed by atoms with Gasteiger partial charge in [0, 0.05) is 24.5 Å². The molecule has 0 aliphatic rings. The van der Waals surface area contributed by atoms with Gasteiger partial charge in [-0.2, -0.15) is 0 Å². The quantitative estimate of drug-likeness (QED) is 0.411. The summed E-state index contributed by atoms with van der Waals surface area (Å²) in [5.74, 6) is -0.387. The van der Waals surface area contributed by atoms with Crippen molar-refractivity contribution in [1.29, 1.82) is 0 Å². The molecule has 2 rings (SSSR count). The lowest BCUT2D eigenvalue weighted by Gasteiger charge is -2.06. The lowest BCUT2D eigenvalue weighted by atomic mass is 10.0. The molecule has 0 amide bonds. The predicted molar refractivity (Wildman–Crippen MR) is 89.0 cm³/mol. The fraction of sp³-hybridized carbons (Fsp3) is 0.0714. The third-order valence-corrected chi connectivity index (χ3v) is 4.34. The minimum atomic E-state index is -0.348. The first kappa shape index (κ1) is 15.1. The van der Waals surface area contributed by atoms with Gasteiger partial charge in [-0.15, -0.1) is 0 Å². The molecule has 0 bridgehead atoms. The van der Waals surface area contributed by atoms with E-state index in [4.69, 9.17) is 0 Å². The van der Waals surface area contributed by atoms with Gasteiger partial charge in [-0.05, 0) is 64.6 Å². The second kappa shape index (κ2) is 6.45. The van der Waals surface area contributed by atoms with Crippen molar-refractivity contribution in [3.05, 3.63) is 65.9 Å². The van der Waals surface area contributed by atoms with Crippen molar-refractivity contribution in [2.75, 3.05) is 0 Å².